The molecule has 17 heavy (non-hydrogen) atoms. The Morgan fingerprint density at radius 1 is 1.35 bits per heavy atom. The molecule has 1 amide bonds. The Bertz CT molecular complexity index is 400. The van der Waals surface area contributed by atoms with Gasteiger partial charge in [-0.05, 0) is 31.5 Å². The van der Waals surface area contributed by atoms with Crippen molar-refractivity contribution >= 4 is 5.91 Å². The van der Waals surface area contributed by atoms with Crippen LogP contribution < -0.4 is 10.2 Å². The van der Waals surface area contributed by atoms with Crippen molar-refractivity contribution in [2.45, 2.75) is 19.3 Å². The third-order valence-electron chi connectivity index (χ3n) is 2.68. The Balaban J connectivity index is 2.98. The van der Waals surface area contributed by atoms with E-state index in [1.807, 2.05) is 38.1 Å². The summed E-state index contributed by atoms with van der Waals surface area (Å²) in [4.78, 5) is 12.1. The molecule has 94 valence electrons. The van der Waals surface area contributed by atoms with Gasteiger partial charge in [-0.2, -0.15) is 0 Å². The highest BCUT2D eigenvalue weighted by Crippen LogP contribution is 2.26. The molecule has 0 aliphatic heterocycles. The second-order valence-electron chi connectivity index (χ2n) is 4.69. The van der Waals surface area contributed by atoms with E-state index in [9.17, 15) is 4.79 Å². The summed E-state index contributed by atoms with van der Waals surface area (Å²) in [6.45, 7) is 3.78. The molecule has 0 radical (unpaired) electrons. The molecule has 0 aliphatic carbocycles. The number of carbonyl (C=O) groups excluding carboxylic acids is 1. The van der Waals surface area contributed by atoms with Gasteiger partial charge in [0.05, 0.1) is 12.5 Å². The van der Waals surface area contributed by atoms with E-state index in [-0.39, 0.29) is 5.91 Å². The number of hydrogen-bond donors (Lipinski definition) is 1. The first-order chi connectivity index (χ1) is 7.87. The first-order valence-electron chi connectivity index (χ1n) is 5.51. The molecule has 0 fully saturated rings. The average Bonchev–Trinajstić information content (AvgIpc) is 2.28. The zero-order valence-electron chi connectivity index (χ0n) is 11.1. The van der Waals surface area contributed by atoms with Crippen molar-refractivity contribution in [3.63, 3.8) is 0 Å². The van der Waals surface area contributed by atoms with Gasteiger partial charge in [0.25, 0.3) is 0 Å². The highest BCUT2D eigenvalue weighted by molar-refractivity contribution is 5.87. The zero-order valence-corrected chi connectivity index (χ0v) is 11.1. The largest absolute Gasteiger partial charge is 0.497 e. The van der Waals surface area contributed by atoms with Crippen LogP contribution in [-0.4, -0.2) is 32.1 Å². The van der Waals surface area contributed by atoms with Gasteiger partial charge >= 0.3 is 0 Å². The number of ether oxygens (including phenoxy) is 1. The second kappa shape index (κ2) is 5.19. The lowest BCUT2D eigenvalue weighted by Crippen LogP contribution is -2.46. The molecule has 1 N–H and O–H groups in total. The van der Waals surface area contributed by atoms with Crippen LogP contribution in [0.15, 0.2) is 24.3 Å². The molecule has 1 aromatic carbocycles. The topological polar surface area (TPSA) is 41.6 Å². The lowest BCUT2D eigenvalue weighted by atomic mass is 9.84. The minimum Gasteiger partial charge on any atom is -0.497 e. The maximum absolute atomic E-state index is 12.1. The number of carbonyl (C=O) groups is 1. The molecule has 1 aromatic rings. The molecule has 0 heterocycles. The van der Waals surface area contributed by atoms with Gasteiger partial charge in [-0.1, -0.05) is 12.1 Å². The number of methoxy groups -OCH3 is 1. The number of hydrazine groups is 1. The maximum atomic E-state index is 12.1. The zero-order chi connectivity index (χ0) is 13.1. The van der Waals surface area contributed by atoms with E-state index in [0.717, 1.165) is 11.3 Å². The second-order valence-corrected chi connectivity index (χ2v) is 4.69. The Kier molecular flexibility index (Phi) is 4.12. The Morgan fingerprint density at radius 3 is 2.53 bits per heavy atom. The highest BCUT2D eigenvalue weighted by Gasteiger charge is 2.30. The molecular formula is C13H20N2O2. The van der Waals surface area contributed by atoms with E-state index < -0.39 is 5.41 Å². The first-order valence-corrected chi connectivity index (χ1v) is 5.51. The van der Waals surface area contributed by atoms with Gasteiger partial charge in [-0.25, -0.2) is 5.01 Å². The quantitative estimate of drug-likeness (QED) is 0.807. The van der Waals surface area contributed by atoms with Crippen molar-refractivity contribution in [3.8, 4) is 5.75 Å². The van der Waals surface area contributed by atoms with Gasteiger partial charge < -0.3 is 4.74 Å². The van der Waals surface area contributed by atoms with Crippen LogP contribution in [0.5, 0.6) is 5.75 Å². The fourth-order valence-electron chi connectivity index (χ4n) is 1.49. The summed E-state index contributed by atoms with van der Waals surface area (Å²) in [6.07, 6.45) is 0. The summed E-state index contributed by atoms with van der Waals surface area (Å²) in [6, 6.07) is 7.56. The van der Waals surface area contributed by atoms with Crippen LogP contribution in [0.25, 0.3) is 0 Å². The summed E-state index contributed by atoms with van der Waals surface area (Å²) < 4.78 is 5.17. The van der Waals surface area contributed by atoms with Gasteiger partial charge in [-0.3, -0.25) is 10.2 Å². The Hall–Kier alpha value is -1.55. The van der Waals surface area contributed by atoms with Crippen molar-refractivity contribution < 1.29 is 9.53 Å². The molecule has 0 bridgehead atoms. The molecule has 0 unspecified atom stereocenters. The van der Waals surface area contributed by atoms with E-state index in [2.05, 4.69) is 5.43 Å². The van der Waals surface area contributed by atoms with Crippen molar-refractivity contribution in [3.05, 3.63) is 29.8 Å². The predicted molar refractivity (Wildman–Crippen MR) is 67.8 cm³/mol. The number of hydrogen-bond acceptors (Lipinski definition) is 3. The first kappa shape index (κ1) is 13.5. The summed E-state index contributed by atoms with van der Waals surface area (Å²) in [5.41, 5.74) is 3.10. The van der Waals surface area contributed by atoms with E-state index in [1.54, 1.807) is 26.2 Å². The van der Waals surface area contributed by atoms with E-state index >= 15 is 0 Å². The maximum Gasteiger partial charge on any atom is 0.244 e. The fraction of sp³-hybridized carbons (Fsp3) is 0.462. The number of benzene rings is 1. The molecule has 0 aromatic heterocycles. The van der Waals surface area contributed by atoms with E-state index in [0.29, 0.717) is 0 Å². The lowest BCUT2D eigenvalue weighted by Gasteiger charge is -2.26. The third-order valence-corrected chi connectivity index (χ3v) is 2.68. The number of amides is 1. The van der Waals surface area contributed by atoms with E-state index in [1.165, 1.54) is 0 Å². The highest BCUT2D eigenvalue weighted by atomic mass is 16.5. The number of nitrogens with zero attached hydrogens (tertiary/aromatic N) is 1. The Labute approximate surface area is 103 Å². The number of nitrogens with one attached hydrogen (secondary N) is 1. The predicted octanol–water partition coefficient (Wildman–Crippen LogP) is 1.57. The SMILES string of the molecule is COc1cccc(C(C)(C)C(=O)NN(C)C)c1. The Morgan fingerprint density at radius 2 is 2.00 bits per heavy atom. The molecule has 0 saturated heterocycles. The molecule has 4 heteroatoms. The van der Waals surface area contributed by atoms with Crippen LogP contribution in [0.3, 0.4) is 0 Å². The average molecular weight is 236 g/mol. The smallest absolute Gasteiger partial charge is 0.244 e. The van der Waals surface area contributed by atoms with Crippen LogP contribution in [0.2, 0.25) is 0 Å². The number of rotatable bonds is 4. The van der Waals surface area contributed by atoms with Gasteiger partial charge in [-0.15, -0.1) is 0 Å². The molecule has 0 aliphatic rings. The monoisotopic (exact) mass is 236 g/mol. The van der Waals surface area contributed by atoms with Crippen molar-refractivity contribution in [2.75, 3.05) is 21.2 Å². The van der Waals surface area contributed by atoms with Crippen molar-refractivity contribution in [1.29, 1.82) is 0 Å². The van der Waals surface area contributed by atoms with Crippen molar-refractivity contribution in [1.82, 2.24) is 10.4 Å². The summed E-state index contributed by atoms with van der Waals surface area (Å²) in [5.74, 6) is 0.712. The van der Waals surface area contributed by atoms with Crippen molar-refractivity contribution in [2.24, 2.45) is 0 Å². The lowest BCUT2D eigenvalue weighted by molar-refractivity contribution is -0.129. The van der Waals surface area contributed by atoms with Gasteiger partial charge in [0, 0.05) is 14.1 Å². The molecule has 0 atom stereocenters. The summed E-state index contributed by atoms with van der Waals surface area (Å²) in [5, 5.41) is 1.64. The standard InChI is InChI=1S/C13H20N2O2/c1-13(2,12(16)14-15(3)4)10-7-6-8-11(9-10)17-5/h6-9H,1-5H3,(H,14,16). The normalized spacial score (nSPS) is 11.4. The molecule has 0 spiro atoms. The fourth-order valence-corrected chi connectivity index (χ4v) is 1.49. The van der Waals surface area contributed by atoms with Gasteiger partial charge in [0.1, 0.15) is 5.75 Å². The van der Waals surface area contributed by atoms with Crippen LogP contribution in [0.1, 0.15) is 19.4 Å². The summed E-state index contributed by atoms with van der Waals surface area (Å²) >= 11 is 0. The summed E-state index contributed by atoms with van der Waals surface area (Å²) in [7, 11) is 5.20. The van der Waals surface area contributed by atoms with Crippen LogP contribution in [-0.2, 0) is 10.2 Å². The minimum atomic E-state index is -0.598. The minimum absolute atomic E-state index is 0.0456. The third kappa shape index (κ3) is 3.20. The molecule has 4 nitrogen and oxygen atoms in total. The van der Waals surface area contributed by atoms with Crippen LogP contribution in [0, 0.1) is 0 Å². The van der Waals surface area contributed by atoms with E-state index in [4.69, 9.17) is 4.74 Å². The van der Waals surface area contributed by atoms with Gasteiger partial charge in [0.2, 0.25) is 5.91 Å². The van der Waals surface area contributed by atoms with Crippen LogP contribution >= 0.6 is 0 Å². The molecular weight excluding hydrogens is 216 g/mol. The molecule has 0 saturated carbocycles. The van der Waals surface area contributed by atoms with Gasteiger partial charge in [0.15, 0.2) is 0 Å². The molecule has 1 rings (SSSR count). The van der Waals surface area contributed by atoms with Crippen LogP contribution in [0.4, 0.5) is 0 Å².